The minimum atomic E-state index is -1.03. The summed E-state index contributed by atoms with van der Waals surface area (Å²) in [5.41, 5.74) is 4.79. The first kappa shape index (κ1) is 11.1. The summed E-state index contributed by atoms with van der Waals surface area (Å²) in [7, 11) is 0. The van der Waals surface area contributed by atoms with E-state index in [9.17, 15) is 8.78 Å². The number of halogens is 2. The molecule has 0 bridgehead atoms. The molecule has 16 heavy (non-hydrogen) atoms. The fourth-order valence-electron chi connectivity index (χ4n) is 1.71. The third-order valence-electron chi connectivity index (χ3n) is 2.37. The van der Waals surface area contributed by atoms with E-state index >= 15 is 0 Å². The highest BCUT2D eigenvalue weighted by molar-refractivity contribution is 5.51. The highest BCUT2D eigenvalue weighted by Gasteiger charge is 2.31. The van der Waals surface area contributed by atoms with Gasteiger partial charge in [0.25, 0.3) is 0 Å². The van der Waals surface area contributed by atoms with E-state index in [0.717, 1.165) is 6.07 Å². The van der Waals surface area contributed by atoms with Crippen molar-refractivity contribution in [1.29, 1.82) is 0 Å². The SMILES string of the molecule is CC(C)(N)c1c(F)c(F)cc2c1OCCO2. The first-order chi connectivity index (χ1) is 7.41. The molecule has 1 aliphatic heterocycles. The van der Waals surface area contributed by atoms with Gasteiger partial charge in [0, 0.05) is 11.6 Å². The standard InChI is InChI=1S/C11H13F2NO2/c1-11(2,14)8-9(13)6(12)5-7-10(8)16-4-3-15-7/h5H,3-4,14H2,1-2H3. The molecule has 0 amide bonds. The van der Waals surface area contributed by atoms with Gasteiger partial charge in [0.15, 0.2) is 23.1 Å². The topological polar surface area (TPSA) is 44.5 Å². The highest BCUT2D eigenvalue weighted by Crippen LogP contribution is 2.41. The zero-order valence-electron chi connectivity index (χ0n) is 9.14. The molecule has 0 aliphatic carbocycles. The molecule has 0 aromatic heterocycles. The van der Waals surface area contributed by atoms with Crippen LogP contribution in [0.1, 0.15) is 19.4 Å². The zero-order valence-corrected chi connectivity index (χ0v) is 9.14. The van der Waals surface area contributed by atoms with Crippen molar-refractivity contribution in [3.05, 3.63) is 23.3 Å². The van der Waals surface area contributed by atoms with Gasteiger partial charge in [0.1, 0.15) is 13.2 Å². The quantitative estimate of drug-likeness (QED) is 0.800. The van der Waals surface area contributed by atoms with Gasteiger partial charge in [0.05, 0.1) is 5.56 Å². The van der Waals surface area contributed by atoms with Gasteiger partial charge in [-0.1, -0.05) is 0 Å². The minimum Gasteiger partial charge on any atom is -0.486 e. The van der Waals surface area contributed by atoms with Gasteiger partial charge in [-0.2, -0.15) is 0 Å². The molecule has 88 valence electrons. The molecule has 0 saturated carbocycles. The predicted octanol–water partition coefficient (Wildman–Crippen LogP) is 1.93. The van der Waals surface area contributed by atoms with E-state index < -0.39 is 17.2 Å². The van der Waals surface area contributed by atoms with Crippen LogP contribution in [0.25, 0.3) is 0 Å². The Bertz CT molecular complexity index is 427. The first-order valence-corrected chi connectivity index (χ1v) is 4.98. The molecule has 0 fully saturated rings. The van der Waals surface area contributed by atoms with Crippen LogP contribution in [-0.4, -0.2) is 13.2 Å². The average molecular weight is 229 g/mol. The number of hydrogen-bond donors (Lipinski definition) is 1. The average Bonchev–Trinajstić information content (AvgIpc) is 2.17. The maximum atomic E-state index is 13.7. The van der Waals surface area contributed by atoms with Gasteiger partial charge in [0.2, 0.25) is 0 Å². The van der Waals surface area contributed by atoms with Crippen molar-refractivity contribution in [2.24, 2.45) is 5.73 Å². The molecule has 0 spiro atoms. The molecule has 0 unspecified atom stereocenters. The smallest absolute Gasteiger partial charge is 0.169 e. The lowest BCUT2D eigenvalue weighted by Crippen LogP contribution is -2.32. The maximum absolute atomic E-state index is 13.7. The first-order valence-electron chi connectivity index (χ1n) is 4.98. The molecule has 1 heterocycles. The molecule has 5 heteroatoms. The van der Waals surface area contributed by atoms with E-state index in [-0.39, 0.29) is 17.1 Å². The van der Waals surface area contributed by atoms with Gasteiger partial charge in [-0.15, -0.1) is 0 Å². The highest BCUT2D eigenvalue weighted by atomic mass is 19.2. The van der Waals surface area contributed by atoms with E-state index in [4.69, 9.17) is 15.2 Å². The molecule has 1 aromatic carbocycles. The lowest BCUT2D eigenvalue weighted by molar-refractivity contribution is 0.164. The van der Waals surface area contributed by atoms with Crippen molar-refractivity contribution in [3.63, 3.8) is 0 Å². The normalized spacial score (nSPS) is 15.1. The van der Waals surface area contributed by atoms with E-state index in [1.807, 2.05) is 0 Å². The number of benzene rings is 1. The Hall–Kier alpha value is -1.36. The van der Waals surface area contributed by atoms with Gasteiger partial charge < -0.3 is 15.2 Å². The van der Waals surface area contributed by atoms with Crippen LogP contribution in [0.2, 0.25) is 0 Å². The number of hydrogen-bond acceptors (Lipinski definition) is 3. The molecule has 0 radical (unpaired) electrons. The predicted molar refractivity (Wildman–Crippen MR) is 54.6 cm³/mol. The van der Waals surface area contributed by atoms with Crippen LogP contribution < -0.4 is 15.2 Å². The second-order valence-corrected chi connectivity index (χ2v) is 4.29. The van der Waals surface area contributed by atoms with Crippen LogP contribution >= 0.6 is 0 Å². The molecule has 0 saturated heterocycles. The van der Waals surface area contributed by atoms with Crippen molar-refractivity contribution < 1.29 is 18.3 Å². The van der Waals surface area contributed by atoms with Crippen LogP contribution in [0.5, 0.6) is 11.5 Å². The molecular formula is C11H13F2NO2. The Balaban J connectivity index is 2.69. The Morgan fingerprint density at radius 2 is 1.88 bits per heavy atom. The summed E-state index contributed by atoms with van der Waals surface area (Å²) >= 11 is 0. The second kappa shape index (κ2) is 3.59. The van der Waals surface area contributed by atoms with Gasteiger partial charge in [-0.25, -0.2) is 8.78 Å². The van der Waals surface area contributed by atoms with E-state index in [1.54, 1.807) is 13.8 Å². The molecule has 1 aromatic rings. The fraction of sp³-hybridized carbons (Fsp3) is 0.455. The molecular weight excluding hydrogens is 216 g/mol. The summed E-state index contributed by atoms with van der Waals surface area (Å²) in [6.07, 6.45) is 0. The lowest BCUT2D eigenvalue weighted by atomic mass is 9.93. The summed E-state index contributed by atoms with van der Waals surface area (Å²) in [6, 6.07) is 0.985. The third-order valence-corrected chi connectivity index (χ3v) is 2.37. The minimum absolute atomic E-state index is 0.0159. The summed E-state index contributed by atoms with van der Waals surface area (Å²) < 4.78 is 37.5. The molecule has 3 nitrogen and oxygen atoms in total. The van der Waals surface area contributed by atoms with Gasteiger partial charge >= 0.3 is 0 Å². The van der Waals surface area contributed by atoms with Crippen LogP contribution in [0, 0.1) is 11.6 Å². The molecule has 0 atom stereocenters. The number of nitrogens with two attached hydrogens (primary N) is 1. The maximum Gasteiger partial charge on any atom is 0.169 e. The van der Waals surface area contributed by atoms with Crippen molar-refractivity contribution in [1.82, 2.24) is 0 Å². The van der Waals surface area contributed by atoms with Crippen molar-refractivity contribution in [3.8, 4) is 11.5 Å². The Kier molecular flexibility index (Phi) is 2.50. The van der Waals surface area contributed by atoms with Gasteiger partial charge in [-0.3, -0.25) is 0 Å². The summed E-state index contributed by atoms with van der Waals surface area (Å²) in [6.45, 7) is 3.80. The number of ether oxygens (including phenoxy) is 2. The van der Waals surface area contributed by atoms with E-state index in [0.29, 0.717) is 13.2 Å². The number of rotatable bonds is 1. The lowest BCUT2D eigenvalue weighted by Gasteiger charge is -2.27. The van der Waals surface area contributed by atoms with Crippen molar-refractivity contribution >= 4 is 0 Å². The Labute approximate surface area is 92.1 Å². The summed E-state index contributed by atoms with van der Waals surface area (Å²) in [5, 5.41) is 0. The molecule has 1 aliphatic rings. The Morgan fingerprint density at radius 1 is 1.25 bits per heavy atom. The van der Waals surface area contributed by atoms with Crippen LogP contribution in [0.3, 0.4) is 0 Å². The molecule has 2 N–H and O–H groups in total. The van der Waals surface area contributed by atoms with E-state index in [1.165, 1.54) is 0 Å². The largest absolute Gasteiger partial charge is 0.486 e. The summed E-state index contributed by atoms with van der Waals surface area (Å²) in [5.74, 6) is -1.54. The van der Waals surface area contributed by atoms with E-state index in [2.05, 4.69) is 0 Å². The second-order valence-electron chi connectivity index (χ2n) is 4.29. The summed E-state index contributed by atoms with van der Waals surface area (Å²) in [4.78, 5) is 0. The van der Waals surface area contributed by atoms with Crippen LogP contribution in [0.4, 0.5) is 8.78 Å². The zero-order chi connectivity index (χ0) is 11.9. The van der Waals surface area contributed by atoms with Gasteiger partial charge in [-0.05, 0) is 13.8 Å². The third kappa shape index (κ3) is 1.71. The van der Waals surface area contributed by atoms with Crippen LogP contribution in [0.15, 0.2) is 6.07 Å². The van der Waals surface area contributed by atoms with Crippen molar-refractivity contribution in [2.75, 3.05) is 13.2 Å². The number of fused-ring (bicyclic) bond motifs is 1. The van der Waals surface area contributed by atoms with Crippen LogP contribution in [-0.2, 0) is 5.54 Å². The monoisotopic (exact) mass is 229 g/mol. The Morgan fingerprint density at radius 3 is 2.50 bits per heavy atom. The van der Waals surface area contributed by atoms with Crippen molar-refractivity contribution in [2.45, 2.75) is 19.4 Å². The fourth-order valence-corrected chi connectivity index (χ4v) is 1.71. The molecule has 2 rings (SSSR count).